The van der Waals surface area contributed by atoms with Crippen LogP contribution in [0.4, 0.5) is 0 Å². The molecule has 0 atom stereocenters. The third kappa shape index (κ3) is 2.19. The van der Waals surface area contributed by atoms with Crippen molar-refractivity contribution in [3.8, 4) is 0 Å². The van der Waals surface area contributed by atoms with Crippen LogP contribution in [0.1, 0.15) is 16.7 Å². The van der Waals surface area contributed by atoms with E-state index in [0.29, 0.717) is 0 Å². The maximum Gasteiger partial charge on any atom is -0.0183 e. The van der Waals surface area contributed by atoms with Gasteiger partial charge >= 0.3 is 0 Å². The van der Waals surface area contributed by atoms with Gasteiger partial charge in [0.2, 0.25) is 0 Å². The molecule has 0 radical (unpaired) electrons. The van der Waals surface area contributed by atoms with Gasteiger partial charge in [0.05, 0.1) is 0 Å². The van der Waals surface area contributed by atoms with E-state index in [1.54, 1.807) is 0 Å². The van der Waals surface area contributed by atoms with Crippen LogP contribution >= 0.6 is 15.9 Å². The molecule has 58 valence electrons. The van der Waals surface area contributed by atoms with Gasteiger partial charge in [0, 0.05) is 0 Å². The maximum absolute atomic E-state index is 3.26. The molecule has 1 heteroatoms. The molecule has 0 saturated carbocycles. The molecule has 0 unspecified atom stereocenters. The highest BCUT2D eigenvalue weighted by atomic mass is 79.9. The van der Waals surface area contributed by atoms with Crippen molar-refractivity contribution in [3.05, 3.63) is 39.9 Å². The van der Waals surface area contributed by atoms with Crippen LogP contribution < -0.4 is 0 Å². The van der Waals surface area contributed by atoms with Gasteiger partial charge in [-0.3, -0.25) is 0 Å². The standard InChI is InChI=1S/C10H11Br/c1-8-3-4-10(5-6-11)9(2)7-8/h3-7H,1-2H3/b6-5+. The second kappa shape index (κ2) is 3.72. The normalized spacial score (nSPS) is 10.8. The fourth-order valence-electron chi connectivity index (χ4n) is 1.08. The zero-order chi connectivity index (χ0) is 8.27. The lowest BCUT2D eigenvalue weighted by Crippen LogP contribution is -1.80. The van der Waals surface area contributed by atoms with E-state index in [2.05, 4.69) is 54.1 Å². The lowest BCUT2D eigenvalue weighted by molar-refractivity contribution is 1.37. The molecule has 0 nitrogen and oxygen atoms in total. The van der Waals surface area contributed by atoms with Crippen molar-refractivity contribution in [2.75, 3.05) is 0 Å². The molecule has 1 aromatic rings. The summed E-state index contributed by atoms with van der Waals surface area (Å²) in [5, 5.41) is 0. The van der Waals surface area contributed by atoms with Crippen molar-refractivity contribution in [2.45, 2.75) is 13.8 Å². The van der Waals surface area contributed by atoms with Crippen LogP contribution in [0, 0.1) is 13.8 Å². The SMILES string of the molecule is Cc1ccc(/C=C/Br)c(C)c1. The molecule has 0 spiro atoms. The molecule has 0 saturated heterocycles. The highest BCUT2D eigenvalue weighted by molar-refractivity contribution is 9.11. The molecular formula is C10H11Br. The monoisotopic (exact) mass is 210 g/mol. The molecule has 0 N–H and O–H groups in total. The Morgan fingerprint density at radius 2 is 2.00 bits per heavy atom. The van der Waals surface area contributed by atoms with Gasteiger partial charge in [-0.05, 0) is 36.0 Å². The molecule has 0 aromatic heterocycles. The summed E-state index contributed by atoms with van der Waals surface area (Å²) >= 11 is 3.26. The van der Waals surface area contributed by atoms with Crippen LogP contribution in [0.3, 0.4) is 0 Å². The van der Waals surface area contributed by atoms with E-state index in [-0.39, 0.29) is 0 Å². The van der Waals surface area contributed by atoms with Crippen LogP contribution in [0.2, 0.25) is 0 Å². The van der Waals surface area contributed by atoms with Crippen molar-refractivity contribution in [1.29, 1.82) is 0 Å². The summed E-state index contributed by atoms with van der Waals surface area (Å²) in [5.41, 5.74) is 3.90. The third-order valence-electron chi connectivity index (χ3n) is 1.67. The van der Waals surface area contributed by atoms with E-state index in [0.717, 1.165) is 0 Å². The van der Waals surface area contributed by atoms with Crippen LogP contribution in [-0.2, 0) is 0 Å². The van der Waals surface area contributed by atoms with Crippen LogP contribution in [0.15, 0.2) is 23.2 Å². The molecule has 11 heavy (non-hydrogen) atoms. The van der Waals surface area contributed by atoms with Crippen molar-refractivity contribution in [3.63, 3.8) is 0 Å². The van der Waals surface area contributed by atoms with Gasteiger partial charge in [-0.2, -0.15) is 0 Å². The van der Waals surface area contributed by atoms with E-state index >= 15 is 0 Å². The second-order valence-corrected chi connectivity index (χ2v) is 3.18. The number of aryl methyl sites for hydroxylation is 2. The Balaban J connectivity index is 3.09. The van der Waals surface area contributed by atoms with Crippen LogP contribution in [0.25, 0.3) is 6.08 Å². The quantitative estimate of drug-likeness (QED) is 0.664. The van der Waals surface area contributed by atoms with Crippen molar-refractivity contribution >= 4 is 22.0 Å². The highest BCUT2D eigenvalue weighted by Gasteiger charge is 1.92. The number of hydrogen-bond acceptors (Lipinski definition) is 0. The summed E-state index contributed by atoms with van der Waals surface area (Å²) < 4.78 is 0. The predicted octanol–water partition coefficient (Wildman–Crippen LogP) is 3.67. The molecule has 0 amide bonds. The molecule has 0 fully saturated rings. The zero-order valence-electron chi connectivity index (χ0n) is 6.76. The van der Waals surface area contributed by atoms with E-state index in [1.807, 2.05) is 4.99 Å². The maximum atomic E-state index is 3.26. The second-order valence-electron chi connectivity index (χ2n) is 2.65. The molecular weight excluding hydrogens is 200 g/mol. The first kappa shape index (κ1) is 8.54. The van der Waals surface area contributed by atoms with Crippen LogP contribution in [0.5, 0.6) is 0 Å². The Hall–Kier alpha value is -0.560. The molecule has 1 aromatic carbocycles. The Kier molecular flexibility index (Phi) is 2.89. The van der Waals surface area contributed by atoms with Crippen molar-refractivity contribution < 1.29 is 0 Å². The average Bonchev–Trinajstić information content (AvgIpc) is 1.95. The zero-order valence-corrected chi connectivity index (χ0v) is 8.35. The Morgan fingerprint density at radius 3 is 2.55 bits per heavy atom. The lowest BCUT2D eigenvalue weighted by atomic mass is 10.1. The van der Waals surface area contributed by atoms with Gasteiger partial charge in [0.1, 0.15) is 0 Å². The molecule has 0 heterocycles. The fraction of sp³-hybridized carbons (Fsp3) is 0.200. The Labute approximate surface area is 76.1 Å². The van der Waals surface area contributed by atoms with E-state index in [4.69, 9.17) is 0 Å². The first-order chi connectivity index (χ1) is 5.24. The summed E-state index contributed by atoms with van der Waals surface area (Å²) in [6.07, 6.45) is 2.05. The van der Waals surface area contributed by atoms with Gasteiger partial charge in [0.25, 0.3) is 0 Å². The molecule has 0 aliphatic heterocycles. The number of rotatable bonds is 1. The van der Waals surface area contributed by atoms with Gasteiger partial charge in [0.15, 0.2) is 0 Å². The molecule has 0 bridgehead atoms. The Bertz CT molecular complexity index is 274. The Morgan fingerprint density at radius 1 is 1.27 bits per heavy atom. The lowest BCUT2D eigenvalue weighted by Gasteiger charge is -2.00. The average molecular weight is 211 g/mol. The predicted molar refractivity (Wildman–Crippen MR) is 53.9 cm³/mol. The number of hydrogen-bond donors (Lipinski definition) is 0. The van der Waals surface area contributed by atoms with E-state index in [9.17, 15) is 0 Å². The van der Waals surface area contributed by atoms with Crippen molar-refractivity contribution in [2.24, 2.45) is 0 Å². The molecule has 1 rings (SSSR count). The summed E-state index contributed by atoms with van der Waals surface area (Å²) in [6, 6.07) is 6.43. The summed E-state index contributed by atoms with van der Waals surface area (Å²) in [7, 11) is 0. The molecule has 0 aliphatic carbocycles. The van der Waals surface area contributed by atoms with Gasteiger partial charge in [-0.15, -0.1) is 0 Å². The highest BCUT2D eigenvalue weighted by Crippen LogP contribution is 2.12. The van der Waals surface area contributed by atoms with Gasteiger partial charge < -0.3 is 0 Å². The number of halogens is 1. The van der Waals surface area contributed by atoms with E-state index < -0.39 is 0 Å². The topological polar surface area (TPSA) is 0 Å². The first-order valence-electron chi connectivity index (χ1n) is 3.58. The minimum Gasteiger partial charge on any atom is -0.0595 e. The smallest absolute Gasteiger partial charge is 0.0183 e. The summed E-state index contributed by atoms with van der Waals surface area (Å²) in [6.45, 7) is 4.23. The van der Waals surface area contributed by atoms with Crippen molar-refractivity contribution in [1.82, 2.24) is 0 Å². The minimum absolute atomic E-state index is 1.27. The summed E-state index contributed by atoms with van der Waals surface area (Å²) in [4.78, 5) is 1.88. The largest absolute Gasteiger partial charge is 0.0595 e. The fourth-order valence-corrected chi connectivity index (χ4v) is 1.37. The molecule has 0 aliphatic rings. The number of benzene rings is 1. The van der Waals surface area contributed by atoms with Crippen LogP contribution in [-0.4, -0.2) is 0 Å². The summed E-state index contributed by atoms with van der Waals surface area (Å²) in [5.74, 6) is 0. The van der Waals surface area contributed by atoms with Gasteiger partial charge in [-0.1, -0.05) is 39.7 Å². The first-order valence-corrected chi connectivity index (χ1v) is 4.49. The minimum atomic E-state index is 1.27. The third-order valence-corrected chi connectivity index (χ3v) is 1.93. The van der Waals surface area contributed by atoms with E-state index in [1.165, 1.54) is 16.7 Å². The van der Waals surface area contributed by atoms with Gasteiger partial charge in [-0.25, -0.2) is 0 Å².